The van der Waals surface area contributed by atoms with Crippen LogP contribution in [0.4, 0.5) is 11.4 Å². The van der Waals surface area contributed by atoms with Crippen molar-refractivity contribution in [2.75, 3.05) is 23.7 Å². The van der Waals surface area contributed by atoms with E-state index < -0.39 is 0 Å². The number of fused-ring (bicyclic) bond motifs is 1. The van der Waals surface area contributed by atoms with Gasteiger partial charge in [0.05, 0.1) is 11.7 Å². The zero-order valence-electron chi connectivity index (χ0n) is 18.4. The summed E-state index contributed by atoms with van der Waals surface area (Å²) in [5.41, 5.74) is 13.0. The lowest BCUT2D eigenvalue weighted by molar-refractivity contribution is 0.0932. The third-order valence-corrected chi connectivity index (χ3v) is 6.73. The quantitative estimate of drug-likeness (QED) is 0.568. The SMILES string of the molecule is Nc1ccc(N2CCCCC2)cc1-c1cc(C(=O)N[C@H]2CCCc3ccccc32)ccn1. The molecule has 5 nitrogen and oxygen atoms in total. The van der Waals surface area contributed by atoms with Crippen molar-refractivity contribution in [3.63, 3.8) is 0 Å². The number of nitrogens with one attached hydrogen (secondary N) is 1. The van der Waals surface area contributed by atoms with Crippen molar-refractivity contribution in [1.82, 2.24) is 10.3 Å². The fourth-order valence-electron chi connectivity index (χ4n) is 4.98. The van der Waals surface area contributed by atoms with Crippen molar-refractivity contribution < 1.29 is 4.79 Å². The minimum atomic E-state index is -0.0684. The smallest absolute Gasteiger partial charge is 0.251 e. The van der Waals surface area contributed by atoms with E-state index in [0.29, 0.717) is 11.3 Å². The van der Waals surface area contributed by atoms with Crippen molar-refractivity contribution in [1.29, 1.82) is 0 Å². The molecule has 0 spiro atoms. The number of piperidine rings is 1. The Morgan fingerprint density at radius 3 is 2.72 bits per heavy atom. The van der Waals surface area contributed by atoms with Crippen LogP contribution in [0.15, 0.2) is 60.8 Å². The Bertz CT molecular complexity index is 1120. The molecule has 1 fully saturated rings. The maximum Gasteiger partial charge on any atom is 0.251 e. The van der Waals surface area contributed by atoms with Crippen molar-refractivity contribution in [3.8, 4) is 11.3 Å². The summed E-state index contributed by atoms with van der Waals surface area (Å²) in [6.45, 7) is 2.14. The fourth-order valence-corrected chi connectivity index (χ4v) is 4.98. The number of nitrogens with two attached hydrogens (primary N) is 1. The third-order valence-electron chi connectivity index (χ3n) is 6.73. The van der Waals surface area contributed by atoms with E-state index in [-0.39, 0.29) is 11.9 Å². The number of nitrogen functional groups attached to an aromatic ring is 1. The Balaban J connectivity index is 1.39. The molecule has 1 atom stereocenters. The number of amides is 1. The van der Waals surface area contributed by atoms with Crippen LogP contribution in [0, 0.1) is 0 Å². The van der Waals surface area contributed by atoms with Crippen LogP contribution < -0.4 is 16.0 Å². The average molecular weight is 427 g/mol. The maximum atomic E-state index is 13.1. The van der Waals surface area contributed by atoms with Gasteiger partial charge in [-0.3, -0.25) is 9.78 Å². The maximum absolute atomic E-state index is 13.1. The molecule has 1 amide bonds. The topological polar surface area (TPSA) is 71.2 Å². The van der Waals surface area contributed by atoms with Gasteiger partial charge in [0, 0.05) is 41.8 Å². The minimum absolute atomic E-state index is 0.0524. The molecule has 1 aromatic heterocycles. The number of anilines is 2. The van der Waals surface area contributed by atoms with Crippen molar-refractivity contribution in [2.45, 2.75) is 44.6 Å². The van der Waals surface area contributed by atoms with E-state index in [1.54, 1.807) is 12.3 Å². The minimum Gasteiger partial charge on any atom is -0.398 e. The van der Waals surface area contributed by atoms with Crippen LogP contribution in [0.2, 0.25) is 0 Å². The van der Waals surface area contributed by atoms with Crippen LogP contribution in [0.5, 0.6) is 0 Å². The molecular formula is C27H30N4O. The van der Waals surface area contributed by atoms with Gasteiger partial charge in [0.1, 0.15) is 0 Å². The van der Waals surface area contributed by atoms with E-state index in [0.717, 1.165) is 43.6 Å². The monoisotopic (exact) mass is 426 g/mol. The molecule has 2 aromatic carbocycles. The van der Waals surface area contributed by atoms with E-state index in [9.17, 15) is 4.79 Å². The number of pyridine rings is 1. The molecule has 1 aliphatic heterocycles. The van der Waals surface area contributed by atoms with E-state index in [4.69, 9.17) is 5.73 Å². The number of carbonyl (C=O) groups excluding carboxylic acids is 1. The number of hydrogen-bond acceptors (Lipinski definition) is 4. The van der Waals surface area contributed by atoms with Crippen LogP contribution in [-0.4, -0.2) is 24.0 Å². The molecule has 164 valence electrons. The highest BCUT2D eigenvalue weighted by molar-refractivity contribution is 5.96. The number of hydrogen-bond donors (Lipinski definition) is 2. The third kappa shape index (κ3) is 4.20. The van der Waals surface area contributed by atoms with Gasteiger partial charge in [0.25, 0.3) is 5.91 Å². The fraction of sp³-hybridized carbons (Fsp3) is 0.333. The molecule has 32 heavy (non-hydrogen) atoms. The molecule has 0 radical (unpaired) electrons. The highest BCUT2D eigenvalue weighted by atomic mass is 16.1. The molecule has 0 unspecified atom stereocenters. The van der Waals surface area contributed by atoms with Gasteiger partial charge in [-0.05, 0) is 80.0 Å². The highest BCUT2D eigenvalue weighted by Crippen LogP contribution is 2.32. The van der Waals surface area contributed by atoms with Crippen LogP contribution in [0.25, 0.3) is 11.3 Å². The van der Waals surface area contributed by atoms with Gasteiger partial charge in [-0.2, -0.15) is 0 Å². The lowest BCUT2D eigenvalue weighted by Gasteiger charge is -2.29. The van der Waals surface area contributed by atoms with Gasteiger partial charge < -0.3 is 16.0 Å². The summed E-state index contributed by atoms with van der Waals surface area (Å²) < 4.78 is 0. The Morgan fingerprint density at radius 2 is 1.84 bits per heavy atom. The zero-order chi connectivity index (χ0) is 21.9. The van der Waals surface area contributed by atoms with Crippen molar-refractivity contribution >= 4 is 17.3 Å². The lowest BCUT2D eigenvalue weighted by atomic mass is 9.87. The first kappa shape index (κ1) is 20.6. The summed E-state index contributed by atoms with van der Waals surface area (Å²) in [7, 11) is 0. The number of nitrogens with zero attached hydrogens (tertiary/aromatic N) is 2. The highest BCUT2D eigenvalue weighted by Gasteiger charge is 2.22. The number of carbonyl (C=O) groups is 1. The molecule has 5 heteroatoms. The molecule has 3 N–H and O–H groups in total. The molecule has 1 saturated heterocycles. The molecule has 5 rings (SSSR count). The van der Waals surface area contributed by atoms with Crippen LogP contribution >= 0.6 is 0 Å². The van der Waals surface area contributed by atoms with Gasteiger partial charge in [-0.25, -0.2) is 0 Å². The molecule has 0 saturated carbocycles. The van der Waals surface area contributed by atoms with Gasteiger partial charge in [0.15, 0.2) is 0 Å². The van der Waals surface area contributed by atoms with Gasteiger partial charge in [-0.15, -0.1) is 0 Å². The lowest BCUT2D eigenvalue weighted by Crippen LogP contribution is -2.31. The largest absolute Gasteiger partial charge is 0.398 e. The number of benzene rings is 2. The molecule has 2 heterocycles. The first-order chi connectivity index (χ1) is 15.7. The average Bonchev–Trinajstić information content (AvgIpc) is 2.85. The standard InChI is InChI=1S/C27H30N4O/c28-24-12-11-21(31-15-4-1-5-16-31)18-23(24)26-17-20(13-14-29-26)27(32)30-25-10-6-8-19-7-2-3-9-22(19)25/h2-3,7,9,11-14,17-18,25H,1,4-6,8,10,15-16,28H2,(H,30,32)/t25-/m0/s1. The number of aryl methyl sites for hydroxylation is 1. The second-order valence-electron chi connectivity index (χ2n) is 8.87. The first-order valence-electron chi connectivity index (χ1n) is 11.7. The van der Waals surface area contributed by atoms with E-state index in [2.05, 4.69) is 45.5 Å². The van der Waals surface area contributed by atoms with Gasteiger partial charge in [0.2, 0.25) is 0 Å². The Labute approximate surface area is 189 Å². The summed E-state index contributed by atoms with van der Waals surface area (Å²) in [5, 5.41) is 3.24. The number of aromatic nitrogens is 1. The summed E-state index contributed by atoms with van der Waals surface area (Å²) in [5.74, 6) is -0.0684. The summed E-state index contributed by atoms with van der Waals surface area (Å²) >= 11 is 0. The van der Waals surface area contributed by atoms with Gasteiger partial charge in [-0.1, -0.05) is 24.3 Å². The summed E-state index contributed by atoms with van der Waals surface area (Å²) in [6, 6.07) is 18.2. The van der Waals surface area contributed by atoms with Crippen molar-refractivity contribution in [3.05, 3.63) is 77.5 Å². The zero-order valence-corrected chi connectivity index (χ0v) is 18.4. The Hall–Kier alpha value is -3.34. The Kier molecular flexibility index (Phi) is 5.80. The molecular weight excluding hydrogens is 396 g/mol. The molecule has 0 bridgehead atoms. The first-order valence-corrected chi connectivity index (χ1v) is 11.7. The predicted molar refractivity (Wildman–Crippen MR) is 130 cm³/mol. The van der Waals surface area contributed by atoms with E-state index in [1.807, 2.05) is 18.2 Å². The predicted octanol–water partition coefficient (Wildman–Crippen LogP) is 5.13. The van der Waals surface area contributed by atoms with E-state index >= 15 is 0 Å². The van der Waals surface area contributed by atoms with Crippen LogP contribution in [0.1, 0.15) is 59.6 Å². The Morgan fingerprint density at radius 1 is 1.00 bits per heavy atom. The van der Waals surface area contributed by atoms with E-state index in [1.165, 1.54) is 36.1 Å². The van der Waals surface area contributed by atoms with Crippen molar-refractivity contribution in [2.24, 2.45) is 0 Å². The summed E-state index contributed by atoms with van der Waals surface area (Å²) in [6.07, 6.45) is 8.56. The van der Waals surface area contributed by atoms with Crippen LogP contribution in [-0.2, 0) is 6.42 Å². The molecule has 2 aliphatic rings. The molecule has 3 aromatic rings. The van der Waals surface area contributed by atoms with Gasteiger partial charge >= 0.3 is 0 Å². The normalized spacial score (nSPS) is 18.1. The number of rotatable bonds is 4. The molecule has 1 aliphatic carbocycles. The summed E-state index contributed by atoms with van der Waals surface area (Å²) in [4.78, 5) is 20.1. The second-order valence-corrected chi connectivity index (χ2v) is 8.87. The second kappa shape index (κ2) is 9.03. The van der Waals surface area contributed by atoms with Crippen LogP contribution in [0.3, 0.4) is 0 Å².